The van der Waals surface area contributed by atoms with Crippen molar-refractivity contribution in [3.8, 4) is 0 Å². The van der Waals surface area contributed by atoms with Gasteiger partial charge in [-0.2, -0.15) is 0 Å². The number of carbonyl (C=O) groups is 3. The summed E-state index contributed by atoms with van der Waals surface area (Å²) in [6, 6.07) is 7.33. The standard InChI is InChI=1S/C21H27N3O4/c1-3-23(4-2)21(27)20(26)17-13-24(18-10-6-5-9-16(17)18)14-19(25)22-12-15-8-7-11-28-15/h5-6,9-10,13,15H,3-4,7-8,11-12,14H2,1-2H3,(H,22,25)/t15-/m0/s1. The molecule has 7 heteroatoms. The van der Waals surface area contributed by atoms with Gasteiger partial charge in [0, 0.05) is 43.3 Å². The highest BCUT2D eigenvalue weighted by atomic mass is 16.5. The molecule has 1 atom stereocenters. The lowest BCUT2D eigenvalue weighted by molar-refractivity contribution is -0.126. The van der Waals surface area contributed by atoms with E-state index in [1.807, 2.05) is 32.0 Å². The number of ketones is 1. The molecule has 2 amide bonds. The highest BCUT2D eigenvalue weighted by Gasteiger charge is 2.25. The van der Waals surface area contributed by atoms with Crippen LogP contribution in [-0.2, 0) is 20.9 Å². The Kier molecular flexibility index (Phi) is 6.46. The fourth-order valence-electron chi connectivity index (χ4n) is 3.57. The predicted molar refractivity (Wildman–Crippen MR) is 106 cm³/mol. The molecule has 0 saturated carbocycles. The van der Waals surface area contributed by atoms with Crippen molar-refractivity contribution in [3.05, 3.63) is 36.0 Å². The Labute approximate surface area is 164 Å². The number of likely N-dealkylation sites (N-methyl/N-ethyl adjacent to an activating group) is 1. The third-order valence-electron chi connectivity index (χ3n) is 5.14. The molecule has 3 rings (SSSR count). The molecule has 1 saturated heterocycles. The number of fused-ring (bicyclic) bond motifs is 1. The Hall–Kier alpha value is -2.67. The van der Waals surface area contributed by atoms with Crippen molar-refractivity contribution in [2.24, 2.45) is 0 Å². The van der Waals surface area contributed by atoms with E-state index in [0.717, 1.165) is 25.0 Å². The van der Waals surface area contributed by atoms with E-state index < -0.39 is 11.7 Å². The molecular weight excluding hydrogens is 358 g/mol. The number of aromatic nitrogens is 1. The number of amides is 2. The van der Waals surface area contributed by atoms with E-state index in [9.17, 15) is 14.4 Å². The van der Waals surface area contributed by atoms with E-state index in [1.165, 1.54) is 4.90 Å². The highest BCUT2D eigenvalue weighted by molar-refractivity contribution is 6.44. The van der Waals surface area contributed by atoms with E-state index >= 15 is 0 Å². The normalized spacial score (nSPS) is 16.3. The summed E-state index contributed by atoms with van der Waals surface area (Å²) in [7, 11) is 0. The summed E-state index contributed by atoms with van der Waals surface area (Å²) in [5.41, 5.74) is 1.09. The second-order valence-corrected chi connectivity index (χ2v) is 6.93. The van der Waals surface area contributed by atoms with Gasteiger partial charge in [0.15, 0.2) is 0 Å². The maximum absolute atomic E-state index is 12.8. The van der Waals surface area contributed by atoms with Crippen LogP contribution in [0.4, 0.5) is 0 Å². The first-order chi connectivity index (χ1) is 13.5. The van der Waals surface area contributed by atoms with Crippen LogP contribution in [0, 0.1) is 0 Å². The second kappa shape index (κ2) is 9.01. The van der Waals surface area contributed by atoms with E-state index in [-0.39, 0.29) is 18.6 Å². The van der Waals surface area contributed by atoms with Crippen molar-refractivity contribution < 1.29 is 19.1 Å². The number of nitrogens with zero attached hydrogens (tertiary/aromatic N) is 2. The molecule has 1 aliphatic rings. The molecule has 0 bridgehead atoms. The molecule has 2 aromatic rings. The summed E-state index contributed by atoms with van der Waals surface area (Å²) in [4.78, 5) is 39.2. The fourth-order valence-corrected chi connectivity index (χ4v) is 3.57. The molecule has 1 aromatic carbocycles. The van der Waals surface area contributed by atoms with Gasteiger partial charge in [-0.15, -0.1) is 0 Å². The molecule has 1 fully saturated rings. The molecule has 2 heterocycles. The van der Waals surface area contributed by atoms with Crippen LogP contribution in [-0.4, -0.2) is 59.4 Å². The van der Waals surface area contributed by atoms with E-state index in [4.69, 9.17) is 4.74 Å². The number of hydrogen-bond donors (Lipinski definition) is 1. The molecular formula is C21H27N3O4. The van der Waals surface area contributed by atoms with Gasteiger partial charge in [0.25, 0.3) is 11.7 Å². The van der Waals surface area contributed by atoms with E-state index in [0.29, 0.717) is 30.6 Å². The summed E-state index contributed by atoms with van der Waals surface area (Å²) >= 11 is 0. The van der Waals surface area contributed by atoms with Gasteiger partial charge in [-0.05, 0) is 32.8 Å². The number of rotatable bonds is 8. The average Bonchev–Trinajstić information content (AvgIpc) is 3.35. The predicted octanol–water partition coefficient (Wildman–Crippen LogP) is 1.99. The van der Waals surface area contributed by atoms with Crippen molar-refractivity contribution in [1.82, 2.24) is 14.8 Å². The Morgan fingerprint density at radius 3 is 2.64 bits per heavy atom. The van der Waals surface area contributed by atoms with Crippen LogP contribution >= 0.6 is 0 Å². The number of benzene rings is 1. The van der Waals surface area contributed by atoms with Crippen LogP contribution < -0.4 is 5.32 Å². The Bertz CT molecular complexity index is 864. The van der Waals surface area contributed by atoms with Gasteiger partial charge in [0.2, 0.25) is 5.91 Å². The third kappa shape index (κ3) is 4.25. The van der Waals surface area contributed by atoms with Gasteiger partial charge in [-0.25, -0.2) is 0 Å². The molecule has 0 unspecified atom stereocenters. The van der Waals surface area contributed by atoms with Gasteiger partial charge in [0.1, 0.15) is 6.54 Å². The second-order valence-electron chi connectivity index (χ2n) is 6.93. The number of hydrogen-bond acceptors (Lipinski definition) is 4. The maximum atomic E-state index is 12.8. The van der Waals surface area contributed by atoms with E-state index in [1.54, 1.807) is 16.8 Å². The lowest BCUT2D eigenvalue weighted by atomic mass is 10.1. The van der Waals surface area contributed by atoms with Gasteiger partial charge >= 0.3 is 0 Å². The van der Waals surface area contributed by atoms with Crippen LogP contribution in [0.1, 0.15) is 37.0 Å². The van der Waals surface area contributed by atoms with Crippen LogP contribution in [0.15, 0.2) is 30.5 Å². The van der Waals surface area contributed by atoms with Crippen LogP contribution in [0.25, 0.3) is 10.9 Å². The summed E-state index contributed by atoms with van der Waals surface area (Å²) in [5, 5.41) is 3.57. The Morgan fingerprint density at radius 1 is 1.21 bits per heavy atom. The average molecular weight is 385 g/mol. The summed E-state index contributed by atoms with van der Waals surface area (Å²) in [6.07, 6.45) is 3.67. The molecule has 0 spiro atoms. The molecule has 1 aromatic heterocycles. The minimum absolute atomic E-state index is 0.0780. The van der Waals surface area contributed by atoms with Crippen molar-refractivity contribution in [2.75, 3.05) is 26.2 Å². The quantitative estimate of drug-likeness (QED) is 0.557. The van der Waals surface area contributed by atoms with Gasteiger partial charge < -0.3 is 19.5 Å². The smallest absolute Gasteiger partial charge is 0.295 e. The first-order valence-corrected chi connectivity index (χ1v) is 9.84. The molecule has 0 aliphatic carbocycles. The highest BCUT2D eigenvalue weighted by Crippen LogP contribution is 2.22. The number of carbonyl (C=O) groups excluding carboxylic acids is 3. The SMILES string of the molecule is CCN(CC)C(=O)C(=O)c1cn(CC(=O)NC[C@@H]2CCCO2)c2ccccc12. The van der Waals surface area contributed by atoms with Gasteiger partial charge in [0.05, 0.1) is 11.7 Å². The molecule has 1 N–H and O–H groups in total. The lowest BCUT2D eigenvalue weighted by Gasteiger charge is -2.17. The Balaban J connectivity index is 1.79. The van der Waals surface area contributed by atoms with Crippen molar-refractivity contribution in [1.29, 1.82) is 0 Å². The first kappa shape index (κ1) is 20.1. The Morgan fingerprint density at radius 2 is 1.96 bits per heavy atom. The summed E-state index contributed by atoms with van der Waals surface area (Å²) < 4.78 is 7.25. The molecule has 150 valence electrons. The number of Topliss-reactive ketones (excluding diaryl/α,β-unsaturated/α-hetero) is 1. The zero-order chi connectivity index (χ0) is 20.1. The number of para-hydroxylation sites is 1. The summed E-state index contributed by atoms with van der Waals surface area (Å²) in [5.74, 6) is -1.21. The van der Waals surface area contributed by atoms with E-state index in [2.05, 4.69) is 5.32 Å². The minimum atomic E-state index is -0.543. The topological polar surface area (TPSA) is 80.6 Å². The maximum Gasteiger partial charge on any atom is 0.295 e. The molecule has 0 radical (unpaired) electrons. The zero-order valence-corrected chi connectivity index (χ0v) is 16.4. The monoisotopic (exact) mass is 385 g/mol. The fraction of sp³-hybridized carbons (Fsp3) is 0.476. The molecule has 1 aliphatic heterocycles. The largest absolute Gasteiger partial charge is 0.376 e. The van der Waals surface area contributed by atoms with Crippen LogP contribution in [0.2, 0.25) is 0 Å². The first-order valence-electron chi connectivity index (χ1n) is 9.84. The van der Waals surface area contributed by atoms with Crippen LogP contribution in [0.3, 0.4) is 0 Å². The van der Waals surface area contributed by atoms with Crippen molar-refractivity contribution in [3.63, 3.8) is 0 Å². The number of nitrogens with one attached hydrogen (secondary N) is 1. The van der Waals surface area contributed by atoms with Crippen molar-refractivity contribution >= 4 is 28.5 Å². The summed E-state index contributed by atoms with van der Waals surface area (Å²) in [6.45, 7) is 5.96. The lowest BCUT2D eigenvalue weighted by Crippen LogP contribution is -2.36. The van der Waals surface area contributed by atoms with Crippen LogP contribution in [0.5, 0.6) is 0 Å². The van der Waals surface area contributed by atoms with Crippen molar-refractivity contribution in [2.45, 2.75) is 39.3 Å². The van der Waals surface area contributed by atoms with Gasteiger partial charge in [-0.3, -0.25) is 14.4 Å². The molecule has 28 heavy (non-hydrogen) atoms. The third-order valence-corrected chi connectivity index (χ3v) is 5.14. The zero-order valence-electron chi connectivity index (χ0n) is 16.4. The minimum Gasteiger partial charge on any atom is -0.376 e. The molecule has 7 nitrogen and oxygen atoms in total. The number of ether oxygens (including phenoxy) is 1. The van der Waals surface area contributed by atoms with Gasteiger partial charge in [-0.1, -0.05) is 18.2 Å².